The van der Waals surface area contributed by atoms with Gasteiger partial charge >= 0.3 is 19.8 Å². The van der Waals surface area contributed by atoms with Crippen molar-refractivity contribution in [1.82, 2.24) is 0 Å². The van der Waals surface area contributed by atoms with Gasteiger partial charge in [0.15, 0.2) is 6.10 Å². The Labute approximate surface area is 466 Å². The van der Waals surface area contributed by atoms with Crippen molar-refractivity contribution in [3.05, 3.63) is 24.3 Å². The number of allylic oxidation sites excluding steroid dienone is 4. The van der Waals surface area contributed by atoms with E-state index >= 15 is 0 Å². The van der Waals surface area contributed by atoms with Gasteiger partial charge in [-0.25, -0.2) is 4.57 Å². The largest absolute Gasteiger partial charge is 0.472 e. The minimum absolute atomic E-state index is 0.0356. The van der Waals surface area contributed by atoms with Gasteiger partial charge < -0.3 is 18.9 Å². The average molecular weight is 1080 g/mol. The molecule has 0 aromatic rings. The lowest BCUT2D eigenvalue weighted by Crippen LogP contribution is -2.37. The van der Waals surface area contributed by atoms with Gasteiger partial charge in [0.2, 0.25) is 0 Å². The molecule has 0 amide bonds. The summed E-state index contributed by atoms with van der Waals surface area (Å²) < 4.78 is 34.7. The SMILES string of the molecule is CCCCCCC/C=C\C/C=C\CCCCCCCCCCCCCCCCCCCCCC(=O)OC(COC(=O)CCCCCCCCCCCCCCCCCCCCCC)COP(=O)(O)OCC[N+](C)(C)C. The third-order valence-corrected chi connectivity index (χ3v) is 15.7. The van der Waals surface area contributed by atoms with Gasteiger partial charge in [0.25, 0.3) is 0 Å². The normalized spacial score (nSPS) is 13.3. The fourth-order valence-electron chi connectivity index (χ4n) is 9.70. The van der Waals surface area contributed by atoms with Gasteiger partial charge in [-0.3, -0.25) is 18.6 Å². The van der Waals surface area contributed by atoms with Crippen LogP contribution in [0.1, 0.15) is 328 Å². The number of carbonyl (C=O) groups excluding carboxylic acids is 2. The van der Waals surface area contributed by atoms with Crippen LogP contribution in [-0.2, 0) is 32.7 Å². The second kappa shape index (κ2) is 57.2. The van der Waals surface area contributed by atoms with Crippen LogP contribution in [0.15, 0.2) is 24.3 Å². The Bertz CT molecular complexity index is 1320. The van der Waals surface area contributed by atoms with Crippen LogP contribution in [0, 0.1) is 0 Å². The Kier molecular flexibility index (Phi) is 56.0. The molecule has 0 heterocycles. The minimum atomic E-state index is -4.38. The maximum atomic E-state index is 12.8. The van der Waals surface area contributed by atoms with Gasteiger partial charge in [-0.15, -0.1) is 0 Å². The first kappa shape index (κ1) is 73.5. The smallest absolute Gasteiger partial charge is 0.462 e. The van der Waals surface area contributed by atoms with Gasteiger partial charge in [-0.2, -0.15) is 0 Å². The molecule has 0 rings (SSSR count). The fraction of sp³-hybridized carbons (Fsp3) is 0.908. The van der Waals surface area contributed by atoms with E-state index in [-0.39, 0.29) is 25.6 Å². The van der Waals surface area contributed by atoms with Crippen LogP contribution < -0.4 is 0 Å². The molecule has 0 aliphatic heterocycles. The van der Waals surface area contributed by atoms with Crippen molar-refractivity contribution in [2.24, 2.45) is 0 Å². The maximum Gasteiger partial charge on any atom is 0.472 e. The minimum Gasteiger partial charge on any atom is -0.462 e. The first-order valence-electron chi connectivity index (χ1n) is 32.6. The van der Waals surface area contributed by atoms with Crippen molar-refractivity contribution in [1.29, 1.82) is 0 Å². The highest BCUT2D eigenvalue weighted by molar-refractivity contribution is 7.47. The summed E-state index contributed by atoms with van der Waals surface area (Å²) in [6.45, 7) is 4.49. The Morgan fingerprint density at radius 3 is 1.05 bits per heavy atom. The van der Waals surface area contributed by atoms with Crippen molar-refractivity contribution < 1.29 is 42.1 Å². The monoisotopic (exact) mass is 1080 g/mol. The van der Waals surface area contributed by atoms with E-state index in [1.54, 1.807) is 0 Å². The molecule has 0 spiro atoms. The van der Waals surface area contributed by atoms with Crippen LogP contribution >= 0.6 is 7.82 Å². The quantitative estimate of drug-likeness (QED) is 0.0211. The first-order chi connectivity index (χ1) is 36.5. The van der Waals surface area contributed by atoms with Crippen LogP contribution in [0.4, 0.5) is 0 Å². The summed E-state index contributed by atoms with van der Waals surface area (Å²) >= 11 is 0. The highest BCUT2D eigenvalue weighted by Crippen LogP contribution is 2.43. The molecule has 0 aromatic carbocycles. The standard InChI is InChI=1S/C65H126NO8P/c1-6-8-10-12-14-16-18-20-22-24-26-28-29-30-31-32-33-34-35-36-37-38-40-42-44-46-48-50-52-54-56-58-65(68)74-63(62-73-75(69,70)72-60-59-66(3,4)5)61-71-64(67)57-55-53-51-49-47-45-43-41-39-27-25-23-21-19-17-15-13-11-9-7-2/h18,20,24,26,63H,6-17,19,21-23,25,27-62H2,1-5H3/p+1/b20-18-,26-24-. The summed E-state index contributed by atoms with van der Waals surface area (Å²) in [6, 6.07) is 0. The number of rotatable bonds is 61. The molecule has 0 fully saturated rings. The lowest BCUT2D eigenvalue weighted by molar-refractivity contribution is -0.870. The van der Waals surface area contributed by atoms with E-state index in [4.69, 9.17) is 18.5 Å². The number of nitrogens with zero attached hydrogens (tertiary/aromatic N) is 1. The van der Waals surface area contributed by atoms with Crippen LogP contribution in [0.2, 0.25) is 0 Å². The number of phosphoric ester groups is 1. The molecule has 0 aliphatic carbocycles. The number of hydrogen-bond acceptors (Lipinski definition) is 7. The lowest BCUT2D eigenvalue weighted by Gasteiger charge is -2.24. The summed E-state index contributed by atoms with van der Waals surface area (Å²) in [5.74, 6) is -0.775. The zero-order valence-electron chi connectivity index (χ0n) is 50.6. The lowest BCUT2D eigenvalue weighted by atomic mass is 10.0. The number of likely N-dealkylation sites (N-methyl/N-ethyl adjacent to an activating group) is 1. The van der Waals surface area contributed by atoms with E-state index in [0.29, 0.717) is 23.9 Å². The Morgan fingerprint density at radius 2 is 0.720 bits per heavy atom. The van der Waals surface area contributed by atoms with Crippen LogP contribution in [0.3, 0.4) is 0 Å². The van der Waals surface area contributed by atoms with Gasteiger partial charge in [0, 0.05) is 12.8 Å². The summed E-state index contributed by atoms with van der Waals surface area (Å²) in [4.78, 5) is 35.8. The Balaban J connectivity index is 4.02. The topological polar surface area (TPSA) is 108 Å². The van der Waals surface area contributed by atoms with E-state index < -0.39 is 26.5 Å². The number of esters is 2. The molecule has 444 valence electrons. The van der Waals surface area contributed by atoms with Crippen LogP contribution in [0.5, 0.6) is 0 Å². The second-order valence-electron chi connectivity index (χ2n) is 23.5. The maximum absolute atomic E-state index is 12.8. The molecule has 2 unspecified atom stereocenters. The molecule has 0 saturated heterocycles. The Hall–Kier alpha value is -1.51. The molecule has 0 aliphatic rings. The highest BCUT2D eigenvalue weighted by Gasteiger charge is 2.27. The van der Waals surface area contributed by atoms with Gasteiger partial charge in [0.1, 0.15) is 19.8 Å². The molecule has 75 heavy (non-hydrogen) atoms. The zero-order valence-corrected chi connectivity index (χ0v) is 51.5. The van der Waals surface area contributed by atoms with E-state index in [1.165, 1.54) is 257 Å². The van der Waals surface area contributed by atoms with Crippen LogP contribution in [0.25, 0.3) is 0 Å². The molecule has 1 N–H and O–H groups in total. The van der Waals surface area contributed by atoms with Crippen molar-refractivity contribution in [2.75, 3.05) is 47.5 Å². The molecular formula is C65H127NO8P+. The number of quaternary nitrogens is 1. The molecule has 9 nitrogen and oxygen atoms in total. The number of phosphoric acid groups is 1. The summed E-state index contributed by atoms with van der Waals surface area (Å²) in [5.41, 5.74) is 0. The molecule has 2 atom stereocenters. The van der Waals surface area contributed by atoms with Crippen molar-refractivity contribution >= 4 is 19.8 Å². The van der Waals surface area contributed by atoms with Gasteiger partial charge in [-0.1, -0.05) is 295 Å². The van der Waals surface area contributed by atoms with Crippen molar-refractivity contribution in [3.8, 4) is 0 Å². The zero-order chi connectivity index (χ0) is 54.9. The van der Waals surface area contributed by atoms with E-state index in [2.05, 4.69) is 38.2 Å². The summed E-state index contributed by atoms with van der Waals surface area (Å²) in [7, 11) is 1.50. The second-order valence-corrected chi connectivity index (χ2v) is 25.0. The molecule has 0 radical (unpaired) electrons. The summed E-state index contributed by atoms with van der Waals surface area (Å²) in [5, 5.41) is 0. The Morgan fingerprint density at radius 1 is 0.413 bits per heavy atom. The van der Waals surface area contributed by atoms with Crippen molar-refractivity contribution in [3.63, 3.8) is 0 Å². The van der Waals surface area contributed by atoms with E-state index in [0.717, 1.165) is 38.5 Å². The number of hydrogen-bond donors (Lipinski definition) is 1. The highest BCUT2D eigenvalue weighted by atomic mass is 31.2. The molecule has 0 saturated carbocycles. The van der Waals surface area contributed by atoms with Crippen LogP contribution in [-0.4, -0.2) is 74.9 Å². The molecule has 0 aromatic heterocycles. The average Bonchev–Trinajstić information content (AvgIpc) is 3.37. The number of unbranched alkanes of at least 4 members (excludes halogenated alkanes) is 43. The molecule has 0 bridgehead atoms. The van der Waals surface area contributed by atoms with Crippen molar-refractivity contribution in [2.45, 2.75) is 335 Å². The van der Waals surface area contributed by atoms with Gasteiger partial charge in [-0.05, 0) is 44.9 Å². The number of ether oxygens (including phenoxy) is 2. The first-order valence-corrected chi connectivity index (χ1v) is 34.1. The predicted octanol–water partition coefficient (Wildman–Crippen LogP) is 20.5. The van der Waals surface area contributed by atoms with E-state index in [1.807, 2.05) is 21.1 Å². The van der Waals surface area contributed by atoms with E-state index in [9.17, 15) is 19.0 Å². The fourth-order valence-corrected chi connectivity index (χ4v) is 10.4. The van der Waals surface area contributed by atoms with Gasteiger partial charge in [0.05, 0.1) is 27.7 Å². The number of carbonyl (C=O) groups is 2. The third kappa shape index (κ3) is 61.6. The molecular weight excluding hydrogens is 954 g/mol. The third-order valence-electron chi connectivity index (χ3n) is 14.7. The molecule has 10 heteroatoms. The summed E-state index contributed by atoms with van der Waals surface area (Å²) in [6.07, 6.45) is 69.8. The predicted molar refractivity (Wildman–Crippen MR) is 321 cm³/mol.